The summed E-state index contributed by atoms with van der Waals surface area (Å²) >= 11 is 0. The highest BCUT2D eigenvalue weighted by atomic mass is 19.3. The molecule has 0 radical (unpaired) electrons. The van der Waals surface area contributed by atoms with Gasteiger partial charge in [0, 0.05) is 18.0 Å². The van der Waals surface area contributed by atoms with E-state index in [0.717, 1.165) is 42.7 Å². The van der Waals surface area contributed by atoms with Crippen LogP contribution in [0, 0.1) is 5.82 Å². The lowest BCUT2D eigenvalue weighted by Gasteiger charge is -2.21. The lowest BCUT2D eigenvalue weighted by molar-refractivity contribution is -0.186. The van der Waals surface area contributed by atoms with E-state index in [0.29, 0.717) is 11.4 Å². The summed E-state index contributed by atoms with van der Waals surface area (Å²) in [6.45, 7) is 3.59. The normalized spacial score (nSPS) is 11.6. The predicted octanol–water partition coefficient (Wildman–Crippen LogP) is 6.70. The Bertz CT molecular complexity index is 1040. The van der Waals surface area contributed by atoms with Crippen molar-refractivity contribution < 1.29 is 31.4 Å². The van der Waals surface area contributed by atoms with Crippen molar-refractivity contribution in [2.45, 2.75) is 39.2 Å². The molecule has 32 heavy (non-hydrogen) atoms. The molecule has 0 fully saturated rings. The van der Waals surface area contributed by atoms with E-state index in [2.05, 4.69) is 14.7 Å². The van der Waals surface area contributed by atoms with Gasteiger partial charge in [0.05, 0.1) is 17.7 Å². The van der Waals surface area contributed by atoms with E-state index < -0.39 is 41.0 Å². The van der Waals surface area contributed by atoms with Crippen LogP contribution in [0.4, 0.5) is 22.0 Å². The van der Waals surface area contributed by atoms with Crippen molar-refractivity contribution in [1.82, 2.24) is 9.97 Å². The van der Waals surface area contributed by atoms with Gasteiger partial charge in [-0.3, -0.25) is 0 Å². The number of alkyl halides is 4. The SMILES string of the molecule is CCCc1cnc(-c2ccc(C(F)(F)Oc3ccc(OCC)c(F)c3C(F)F)cc2)nc1. The minimum absolute atomic E-state index is 0.0212. The van der Waals surface area contributed by atoms with Crippen LogP contribution in [0.3, 0.4) is 0 Å². The van der Waals surface area contributed by atoms with Crippen LogP contribution in [-0.4, -0.2) is 16.6 Å². The van der Waals surface area contributed by atoms with Crippen LogP contribution in [-0.2, 0) is 12.5 Å². The summed E-state index contributed by atoms with van der Waals surface area (Å²) in [5.74, 6) is -2.51. The average Bonchev–Trinajstić information content (AvgIpc) is 2.76. The summed E-state index contributed by atoms with van der Waals surface area (Å²) in [6.07, 6.45) is -2.26. The van der Waals surface area contributed by atoms with Crippen LogP contribution in [0.15, 0.2) is 48.8 Å². The van der Waals surface area contributed by atoms with Gasteiger partial charge >= 0.3 is 6.11 Å². The molecule has 1 heterocycles. The van der Waals surface area contributed by atoms with Crippen molar-refractivity contribution in [3.05, 3.63) is 71.3 Å². The number of rotatable bonds is 9. The fraction of sp³-hybridized carbons (Fsp3) is 0.304. The third-order valence-electron chi connectivity index (χ3n) is 4.58. The standard InChI is InChI=1S/C23H21F5N2O2/c1-3-5-14-12-29-22(30-13-14)15-6-8-16(9-7-15)23(27,28)32-17-10-11-18(31-4-2)20(24)19(17)21(25)26/h6-13,21H,3-5H2,1-2H3. The zero-order valence-corrected chi connectivity index (χ0v) is 17.4. The van der Waals surface area contributed by atoms with Crippen LogP contribution in [0.1, 0.15) is 43.4 Å². The van der Waals surface area contributed by atoms with E-state index in [-0.39, 0.29) is 6.61 Å². The number of nitrogens with zero attached hydrogens (tertiary/aromatic N) is 2. The van der Waals surface area contributed by atoms with E-state index in [9.17, 15) is 22.0 Å². The first-order valence-corrected chi connectivity index (χ1v) is 9.98. The Labute approximate surface area is 182 Å². The minimum Gasteiger partial charge on any atom is -0.491 e. The summed E-state index contributed by atoms with van der Waals surface area (Å²) in [7, 11) is 0. The van der Waals surface area contributed by atoms with Gasteiger partial charge in [0.15, 0.2) is 17.4 Å². The first-order chi connectivity index (χ1) is 15.3. The quantitative estimate of drug-likeness (QED) is 0.339. The van der Waals surface area contributed by atoms with Gasteiger partial charge in [-0.25, -0.2) is 23.1 Å². The molecule has 4 nitrogen and oxygen atoms in total. The van der Waals surface area contributed by atoms with Crippen molar-refractivity contribution in [3.8, 4) is 22.9 Å². The molecule has 0 amide bonds. The minimum atomic E-state index is -3.99. The number of hydrogen-bond acceptors (Lipinski definition) is 4. The molecule has 0 unspecified atom stereocenters. The first-order valence-electron chi connectivity index (χ1n) is 9.98. The van der Waals surface area contributed by atoms with Crippen LogP contribution in [0.2, 0.25) is 0 Å². The number of benzene rings is 2. The van der Waals surface area contributed by atoms with E-state index >= 15 is 0 Å². The molecular formula is C23H21F5N2O2. The Balaban J connectivity index is 1.84. The molecule has 0 saturated carbocycles. The summed E-state index contributed by atoms with van der Waals surface area (Å²) in [5, 5.41) is 0. The Hall–Kier alpha value is -3.23. The Morgan fingerprint density at radius 2 is 1.56 bits per heavy atom. The first kappa shape index (κ1) is 23.4. The predicted molar refractivity (Wildman–Crippen MR) is 109 cm³/mol. The average molecular weight is 452 g/mol. The molecular weight excluding hydrogens is 431 g/mol. The van der Waals surface area contributed by atoms with Gasteiger partial charge in [-0.1, -0.05) is 25.5 Å². The fourth-order valence-corrected chi connectivity index (χ4v) is 3.05. The van der Waals surface area contributed by atoms with E-state index in [1.807, 2.05) is 6.92 Å². The maximum Gasteiger partial charge on any atom is 0.426 e. The van der Waals surface area contributed by atoms with Gasteiger partial charge in [-0.05, 0) is 43.2 Å². The summed E-state index contributed by atoms with van der Waals surface area (Å²) < 4.78 is 79.9. The largest absolute Gasteiger partial charge is 0.491 e. The number of ether oxygens (including phenoxy) is 2. The lowest BCUT2D eigenvalue weighted by Crippen LogP contribution is -2.23. The maximum absolute atomic E-state index is 14.7. The molecule has 170 valence electrons. The second-order valence-corrected chi connectivity index (χ2v) is 6.88. The molecule has 9 heteroatoms. The topological polar surface area (TPSA) is 44.2 Å². The maximum atomic E-state index is 14.7. The van der Waals surface area contributed by atoms with Crippen LogP contribution in [0.25, 0.3) is 11.4 Å². The number of aromatic nitrogens is 2. The second-order valence-electron chi connectivity index (χ2n) is 6.88. The molecule has 0 N–H and O–H groups in total. The fourth-order valence-electron chi connectivity index (χ4n) is 3.05. The Morgan fingerprint density at radius 3 is 2.12 bits per heavy atom. The number of hydrogen-bond donors (Lipinski definition) is 0. The highest BCUT2D eigenvalue weighted by molar-refractivity contribution is 5.55. The second kappa shape index (κ2) is 9.93. The summed E-state index contributed by atoms with van der Waals surface area (Å²) in [6, 6.07) is 6.70. The van der Waals surface area contributed by atoms with E-state index in [1.54, 1.807) is 12.4 Å². The molecule has 0 bridgehead atoms. The Kier molecular flexibility index (Phi) is 7.27. The summed E-state index contributed by atoms with van der Waals surface area (Å²) in [5.41, 5.74) is -0.426. The molecule has 0 atom stereocenters. The molecule has 0 aliphatic carbocycles. The van der Waals surface area contributed by atoms with Crippen molar-refractivity contribution >= 4 is 0 Å². The molecule has 0 saturated heterocycles. The van der Waals surface area contributed by atoms with Gasteiger partial charge in [0.1, 0.15) is 5.75 Å². The summed E-state index contributed by atoms with van der Waals surface area (Å²) in [4.78, 5) is 8.45. The van der Waals surface area contributed by atoms with Crippen LogP contribution < -0.4 is 9.47 Å². The lowest BCUT2D eigenvalue weighted by atomic mass is 10.1. The van der Waals surface area contributed by atoms with Crippen molar-refractivity contribution in [3.63, 3.8) is 0 Å². The van der Waals surface area contributed by atoms with Gasteiger partial charge in [-0.15, -0.1) is 0 Å². The zero-order chi connectivity index (χ0) is 23.3. The van der Waals surface area contributed by atoms with Crippen LogP contribution >= 0.6 is 0 Å². The van der Waals surface area contributed by atoms with Gasteiger partial charge in [-0.2, -0.15) is 8.78 Å². The number of aryl methyl sites for hydroxylation is 1. The van der Waals surface area contributed by atoms with Gasteiger partial charge in [0.25, 0.3) is 6.43 Å². The molecule has 3 rings (SSSR count). The van der Waals surface area contributed by atoms with E-state index in [1.165, 1.54) is 19.1 Å². The van der Waals surface area contributed by atoms with Gasteiger partial charge < -0.3 is 9.47 Å². The zero-order valence-electron chi connectivity index (χ0n) is 17.4. The third-order valence-corrected chi connectivity index (χ3v) is 4.58. The monoisotopic (exact) mass is 452 g/mol. The smallest absolute Gasteiger partial charge is 0.426 e. The highest BCUT2D eigenvalue weighted by Crippen LogP contribution is 2.40. The molecule has 3 aromatic rings. The van der Waals surface area contributed by atoms with Crippen LogP contribution in [0.5, 0.6) is 11.5 Å². The Morgan fingerprint density at radius 1 is 0.938 bits per heavy atom. The molecule has 0 spiro atoms. The van der Waals surface area contributed by atoms with E-state index in [4.69, 9.17) is 4.74 Å². The highest BCUT2D eigenvalue weighted by Gasteiger charge is 2.37. The molecule has 0 aliphatic heterocycles. The molecule has 1 aromatic heterocycles. The van der Waals surface area contributed by atoms with Crippen molar-refractivity contribution in [1.29, 1.82) is 0 Å². The van der Waals surface area contributed by atoms with Crippen molar-refractivity contribution in [2.75, 3.05) is 6.61 Å². The van der Waals surface area contributed by atoms with Gasteiger partial charge in [0.2, 0.25) is 0 Å². The third kappa shape index (κ3) is 5.15. The van der Waals surface area contributed by atoms with Crippen molar-refractivity contribution in [2.24, 2.45) is 0 Å². The number of halogens is 5. The molecule has 0 aliphatic rings. The molecule has 2 aromatic carbocycles.